The van der Waals surface area contributed by atoms with E-state index in [0.29, 0.717) is 6.04 Å². The molecule has 1 N–H and O–H groups in total. The van der Waals surface area contributed by atoms with E-state index in [1.165, 1.54) is 53.9 Å². The zero-order valence-electron chi connectivity index (χ0n) is 13.2. The molecule has 0 bridgehead atoms. The van der Waals surface area contributed by atoms with Crippen LogP contribution in [0.3, 0.4) is 0 Å². The topological polar surface area (TPSA) is 12.0 Å². The van der Waals surface area contributed by atoms with Crippen molar-refractivity contribution < 1.29 is 0 Å². The van der Waals surface area contributed by atoms with Gasteiger partial charge in [0, 0.05) is 16.7 Å². The van der Waals surface area contributed by atoms with Crippen LogP contribution in [0.1, 0.15) is 50.2 Å². The lowest BCUT2D eigenvalue weighted by molar-refractivity contribution is 0.388. The molecule has 0 amide bonds. The molecule has 20 heavy (non-hydrogen) atoms. The highest BCUT2D eigenvalue weighted by atomic mass is 32.2. The lowest BCUT2D eigenvalue weighted by Gasteiger charge is -2.24. The minimum atomic E-state index is 0.697. The summed E-state index contributed by atoms with van der Waals surface area (Å²) in [6, 6.07) is 7.50. The van der Waals surface area contributed by atoms with Crippen LogP contribution in [0.2, 0.25) is 0 Å². The highest BCUT2D eigenvalue weighted by Crippen LogP contribution is 2.32. The van der Waals surface area contributed by atoms with Crippen molar-refractivity contribution in [3.8, 4) is 0 Å². The summed E-state index contributed by atoms with van der Waals surface area (Å²) in [5.41, 5.74) is 2.79. The van der Waals surface area contributed by atoms with Gasteiger partial charge in [0.2, 0.25) is 0 Å². The first kappa shape index (κ1) is 15.9. The maximum Gasteiger partial charge on any atom is 0.0189 e. The molecule has 1 saturated carbocycles. The van der Waals surface area contributed by atoms with Gasteiger partial charge in [-0.2, -0.15) is 0 Å². The third kappa shape index (κ3) is 4.53. The molecule has 1 atom stereocenters. The Morgan fingerprint density at radius 1 is 1.25 bits per heavy atom. The molecule has 2 rings (SSSR count). The Morgan fingerprint density at radius 2 is 2.00 bits per heavy atom. The summed E-state index contributed by atoms with van der Waals surface area (Å²) >= 11 is 2.04. The predicted molar refractivity (Wildman–Crippen MR) is 90.7 cm³/mol. The summed E-state index contributed by atoms with van der Waals surface area (Å²) in [5.74, 6) is 2.12. The van der Waals surface area contributed by atoms with E-state index < -0.39 is 0 Å². The molecule has 1 aliphatic carbocycles. The third-order valence-corrected chi connectivity index (χ3v) is 5.66. The van der Waals surface area contributed by atoms with Crippen molar-refractivity contribution in [2.45, 2.75) is 63.8 Å². The first-order chi connectivity index (χ1) is 9.70. The average molecular weight is 292 g/mol. The fourth-order valence-electron chi connectivity index (χ4n) is 3.09. The lowest BCUT2D eigenvalue weighted by atomic mass is 10.00. The fourth-order valence-corrected chi connectivity index (χ4v) is 4.41. The minimum Gasteiger partial charge on any atom is -0.313 e. The largest absolute Gasteiger partial charge is 0.313 e. The number of aryl methyl sites for hydroxylation is 2. The molecule has 1 aromatic rings. The molecule has 1 aliphatic rings. The van der Waals surface area contributed by atoms with Crippen molar-refractivity contribution in [3.63, 3.8) is 0 Å². The maximum absolute atomic E-state index is 3.79. The Balaban J connectivity index is 1.94. The van der Waals surface area contributed by atoms with Crippen molar-refractivity contribution in [2.24, 2.45) is 5.92 Å². The van der Waals surface area contributed by atoms with Crippen LogP contribution in [0.4, 0.5) is 0 Å². The van der Waals surface area contributed by atoms with Crippen LogP contribution in [-0.2, 0) is 0 Å². The molecule has 0 aliphatic heterocycles. The van der Waals surface area contributed by atoms with Crippen LogP contribution in [-0.4, -0.2) is 18.3 Å². The number of benzene rings is 1. The number of hydrogen-bond acceptors (Lipinski definition) is 2. The molecule has 0 heterocycles. The SMILES string of the molecule is CCCNC(CSc1cc(C)ccc1C)C1CCCC1. The van der Waals surface area contributed by atoms with E-state index in [9.17, 15) is 0 Å². The maximum atomic E-state index is 3.79. The van der Waals surface area contributed by atoms with Crippen molar-refractivity contribution in [1.82, 2.24) is 5.32 Å². The summed E-state index contributed by atoms with van der Waals surface area (Å²) in [6.07, 6.45) is 6.95. The molecule has 2 heteroatoms. The van der Waals surface area contributed by atoms with E-state index in [2.05, 4.69) is 44.3 Å². The van der Waals surface area contributed by atoms with Crippen molar-refractivity contribution >= 4 is 11.8 Å². The highest BCUT2D eigenvalue weighted by molar-refractivity contribution is 7.99. The summed E-state index contributed by atoms with van der Waals surface area (Å²) in [5, 5.41) is 3.79. The second-order valence-corrected chi connectivity index (χ2v) is 7.25. The Kier molecular flexibility index (Phi) is 6.44. The minimum absolute atomic E-state index is 0.697. The van der Waals surface area contributed by atoms with E-state index in [1.54, 1.807) is 0 Å². The van der Waals surface area contributed by atoms with Gasteiger partial charge in [-0.05, 0) is 57.2 Å². The number of hydrogen-bond donors (Lipinski definition) is 1. The molecule has 112 valence electrons. The predicted octanol–water partition coefficient (Wildman–Crippen LogP) is 4.95. The van der Waals surface area contributed by atoms with Crippen LogP contribution < -0.4 is 5.32 Å². The van der Waals surface area contributed by atoms with Crippen molar-refractivity contribution in [3.05, 3.63) is 29.3 Å². The summed E-state index contributed by atoms with van der Waals surface area (Å²) in [4.78, 5) is 1.46. The lowest BCUT2D eigenvalue weighted by Crippen LogP contribution is -2.37. The Labute approximate surface area is 128 Å². The van der Waals surface area contributed by atoms with Gasteiger partial charge in [-0.15, -0.1) is 11.8 Å². The van der Waals surface area contributed by atoms with Crippen molar-refractivity contribution in [1.29, 1.82) is 0 Å². The van der Waals surface area contributed by atoms with Gasteiger partial charge in [0.05, 0.1) is 0 Å². The monoisotopic (exact) mass is 291 g/mol. The number of nitrogens with one attached hydrogen (secondary N) is 1. The van der Waals surface area contributed by atoms with Gasteiger partial charge in [0.15, 0.2) is 0 Å². The smallest absolute Gasteiger partial charge is 0.0189 e. The molecule has 0 radical (unpaired) electrons. The molecule has 1 nitrogen and oxygen atoms in total. The van der Waals surface area contributed by atoms with Crippen LogP contribution in [0.15, 0.2) is 23.1 Å². The van der Waals surface area contributed by atoms with E-state index in [0.717, 1.165) is 12.5 Å². The Morgan fingerprint density at radius 3 is 2.70 bits per heavy atom. The standard InChI is InChI=1S/C18H29NS/c1-4-11-19-17(16-7-5-6-8-16)13-20-18-12-14(2)9-10-15(18)3/h9-10,12,16-17,19H,4-8,11,13H2,1-3H3. The van der Waals surface area contributed by atoms with Crippen LogP contribution in [0, 0.1) is 19.8 Å². The van der Waals surface area contributed by atoms with E-state index in [-0.39, 0.29) is 0 Å². The molecule has 0 aromatic heterocycles. The molecule has 0 saturated heterocycles. The van der Waals surface area contributed by atoms with Crippen LogP contribution >= 0.6 is 11.8 Å². The van der Waals surface area contributed by atoms with E-state index >= 15 is 0 Å². The second kappa shape index (κ2) is 8.09. The molecular formula is C18H29NS. The third-order valence-electron chi connectivity index (χ3n) is 4.39. The Hall–Kier alpha value is -0.470. The molecular weight excluding hydrogens is 262 g/mol. The zero-order valence-corrected chi connectivity index (χ0v) is 14.1. The van der Waals surface area contributed by atoms with Gasteiger partial charge in [-0.3, -0.25) is 0 Å². The first-order valence-electron chi connectivity index (χ1n) is 8.14. The Bertz CT molecular complexity index is 410. The average Bonchev–Trinajstić information content (AvgIpc) is 2.96. The van der Waals surface area contributed by atoms with Gasteiger partial charge in [-0.1, -0.05) is 37.5 Å². The van der Waals surface area contributed by atoms with Gasteiger partial charge in [-0.25, -0.2) is 0 Å². The molecule has 1 fully saturated rings. The number of thioether (sulfide) groups is 1. The van der Waals surface area contributed by atoms with Gasteiger partial charge >= 0.3 is 0 Å². The summed E-state index contributed by atoms with van der Waals surface area (Å²) in [7, 11) is 0. The van der Waals surface area contributed by atoms with Gasteiger partial charge in [0.25, 0.3) is 0 Å². The van der Waals surface area contributed by atoms with Crippen LogP contribution in [0.25, 0.3) is 0 Å². The summed E-state index contributed by atoms with van der Waals surface area (Å²) in [6.45, 7) is 7.84. The van der Waals surface area contributed by atoms with Crippen molar-refractivity contribution in [2.75, 3.05) is 12.3 Å². The summed E-state index contributed by atoms with van der Waals surface area (Å²) < 4.78 is 0. The molecule has 1 aromatic carbocycles. The van der Waals surface area contributed by atoms with Crippen LogP contribution in [0.5, 0.6) is 0 Å². The van der Waals surface area contributed by atoms with E-state index in [4.69, 9.17) is 0 Å². The van der Waals surface area contributed by atoms with E-state index in [1.807, 2.05) is 11.8 Å². The first-order valence-corrected chi connectivity index (χ1v) is 9.12. The normalized spacial score (nSPS) is 17.6. The fraction of sp³-hybridized carbons (Fsp3) is 0.667. The highest BCUT2D eigenvalue weighted by Gasteiger charge is 2.24. The quantitative estimate of drug-likeness (QED) is 0.713. The van der Waals surface area contributed by atoms with Gasteiger partial charge in [0.1, 0.15) is 0 Å². The number of rotatable bonds is 7. The van der Waals surface area contributed by atoms with Gasteiger partial charge < -0.3 is 5.32 Å². The zero-order chi connectivity index (χ0) is 14.4. The molecule has 0 spiro atoms. The second-order valence-electron chi connectivity index (χ2n) is 6.19. The molecule has 1 unspecified atom stereocenters.